The Morgan fingerprint density at radius 2 is 1.90 bits per heavy atom. The molecule has 4 nitrogen and oxygen atoms in total. The first-order chi connectivity index (χ1) is 9.52. The lowest BCUT2D eigenvalue weighted by atomic mass is 10.0. The Morgan fingerprint density at radius 3 is 2.50 bits per heavy atom. The summed E-state index contributed by atoms with van der Waals surface area (Å²) in [4.78, 5) is 0.392. The van der Waals surface area contributed by atoms with Gasteiger partial charge < -0.3 is 5.73 Å². The van der Waals surface area contributed by atoms with Gasteiger partial charge in [0.2, 0.25) is 10.0 Å². The fourth-order valence-electron chi connectivity index (χ4n) is 3.57. The molecule has 0 aromatic heterocycles. The Hall–Kier alpha value is -0.910. The van der Waals surface area contributed by atoms with E-state index in [2.05, 4.69) is 0 Å². The van der Waals surface area contributed by atoms with Gasteiger partial charge in [-0.15, -0.1) is 0 Å². The fourth-order valence-corrected chi connectivity index (χ4v) is 5.17. The molecule has 2 fully saturated rings. The van der Waals surface area contributed by atoms with Crippen molar-refractivity contribution in [3.63, 3.8) is 0 Å². The molecule has 1 aromatic carbocycles. The Labute approximate surface area is 121 Å². The first kappa shape index (κ1) is 14.0. The minimum atomic E-state index is -3.35. The fraction of sp³-hybridized carbons (Fsp3) is 0.600. The standard InChI is InChI=1S/C15H22N2O2S/c1-11-5-6-15(7-14(11)8-16)20(18,19)17-9-12-3-2-4-13(12)10-17/h5-7,12-13H,2-4,8-10,16H2,1H3. The van der Waals surface area contributed by atoms with Crippen molar-refractivity contribution >= 4 is 10.0 Å². The molecule has 1 aromatic rings. The lowest BCUT2D eigenvalue weighted by Crippen LogP contribution is -2.29. The van der Waals surface area contributed by atoms with Crippen molar-refractivity contribution in [1.29, 1.82) is 0 Å². The van der Waals surface area contributed by atoms with E-state index in [0.29, 0.717) is 36.4 Å². The average molecular weight is 294 g/mol. The molecule has 20 heavy (non-hydrogen) atoms. The largest absolute Gasteiger partial charge is 0.326 e. The molecule has 3 rings (SSSR count). The van der Waals surface area contributed by atoms with Crippen LogP contribution >= 0.6 is 0 Å². The second kappa shape index (κ2) is 5.13. The third kappa shape index (κ3) is 2.28. The molecule has 110 valence electrons. The molecule has 0 spiro atoms. The molecule has 1 aliphatic heterocycles. The summed E-state index contributed by atoms with van der Waals surface area (Å²) in [6, 6.07) is 5.29. The first-order valence-electron chi connectivity index (χ1n) is 7.32. The Bertz CT molecular complexity index is 600. The first-order valence-corrected chi connectivity index (χ1v) is 8.76. The van der Waals surface area contributed by atoms with E-state index in [1.807, 2.05) is 13.0 Å². The van der Waals surface area contributed by atoms with Crippen molar-refractivity contribution in [2.24, 2.45) is 17.6 Å². The summed E-state index contributed by atoms with van der Waals surface area (Å²) in [5.74, 6) is 1.15. The third-order valence-corrected chi connectivity index (χ3v) is 6.70. The van der Waals surface area contributed by atoms with Crippen molar-refractivity contribution < 1.29 is 8.42 Å². The van der Waals surface area contributed by atoms with E-state index in [4.69, 9.17) is 5.73 Å². The second-order valence-corrected chi connectivity index (χ2v) is 8.00. The number of nitrogens with zero attached hydrogens (tertiary/aromatic N) is 1. The van der Waals surface area contributed by atoms with Gasteiger partial charge in [-0.1, -0.05) is 12.5 Å². The summed E-state index contributed by atoms with van der Waals surface area (Å²) < 4.78 is 27.1. The zero-order chi connectivity index (χ0) is 14.3. The van der Waals surface area contributed by atoms with Gasteiger partial charge in [0.05, 0.1) is 4.90 Å². The molecule has 0 amide bonds. The predicted octanol–water partition coefficient (Wildman–Crippen LogP) is 1.87. The van der Waals surface area contributed by atoms with Crippen molar-refractivity contribution in [3.8, 4) is 0 Å². The number of aryl methyl sites for hydroxylation is 1. The van der Waals surface area contributed by atoms with Gasteiger partial charge in [-0.3, -0.25) is 0 Å². The van der Waals surface area contributed by atoms with Gasteiger partial charge >= 0.3 is 0 Å². The Balaban J connectivity index is 1.89. The van der Waals surface area contributed by atoms with E-state index in [1.165, 1.54) is 19.3 Å². The highest BCUT2D eigenvalue weighted by molar-refractivity contribution is 7.89. The highest BCUT2D eigenvalue weighted by Crippen LogP contribution is 2.39. The molecule has 2 N–H and O–H groups in total. The van der Waals surface area contributed by atoms with Gasteiger partial charge in [0.25, 0.3) is 0 Å². The number of hydrogen-bond donors (Lipinski definition) is 1. The molecule has 0 radical (unpaired) electrons. The normalized spacial score (nSPS) is 26.9. The van der Waals surface area contributed by atoms with Crippen LogP contribution in [0.1, 0.15) is 30.4 Å². The van der Waals surface area contributed by atoms with E-state index in [0.717, 1.165) is 11.1 Å². The summed E-state index contributed by atoms with van der Waals surface area (Å²) in [6.07, 6.45) is 3.61. The van der Waals surface area contributed by atoms with Crippen molar-refractivity contribution in [1.82, 2.24) is 4.31 Å². The van der Waals surface area contributed by atoms with Crippen LogP contribution in [0.5, 0.6) is 0 Å². The van der Waals surface area contributed by atoms with E-state index in [1.54, 1.807) is 16.4 Å². The van der Waals surface area contributed by atoms with Gasteiger partial charge in [-0.05, 0) is 54.9 Å². The minimum absolute atomic E-state index is 0.375. The number of rotatable bonds is 3. The molecule has 0 bridgehead atoms. The summed E-state index contributed by atoms with van der Waals surface area (Å²) in [5.41, 5.74) is 7.64. The van der Waals surface area contributed by atoms with Gasteiger partial charge in [-0.2, -0.15) is 4.31 Å². The predicted molar refractivity (Wildman–Crippen MR) is 78.7 cm³/mol. The monoisotopic (exact) mass is 294 g/mol. The molecule has 1 saturated carbocycles. The number of nitrogens with two attached hydrogens (primary N) is 1. The number of hydrogen-bond acceptors (Lipinski definition) is 3. The smallest absolute Gasteiger partial charge is 0.243 e. The van der Waals surface area contributed by atoms with Crippen LogP contribution in [0.4, 0.5) is 0 Å². The summed E-state index contributed by atoms with van der Waals surface area (Å²) in [7, 11) is -3.35. The second-order valence-electron chi connectivity index (χ2n) is 6.07. The average Bonchev–Trinajstić information content (AvgIpc) is 2.99. The molecular formula is C15H22N2O2S. The molecule has 5 heteroatoms. The summed E-state index contributed by atoms with van der Waals surface area (Å²) >= 11 is 0. The Morgan fingerprint density at radius 1 is 1.25 bits per heavy atom. The third-order valence-electron chi connectivity index (χ3n) is 4.87. The van der Waals surface area contributed by atoms with Crippen molar-refractivity contribution in [2.75, 3.05) is 13.1 Å². The SMILES string of the molecule is Cc1ccc(S(=O)(=O)N2CC3CCCC3C2)cc1CN. The van der Waals surface area contributed by atoms with E-state index >= 15 is 0 Å². The highest BCUT2D eigenvalue weighted by Gasteiger charge is 2.41. The minimum Gasteiger partial charge on any atom is -0.326 e. The zero-order valence-electron chi connectivity index (χ0n) is 11.9. The number of sulfonamides is 1. The van der Waals surface area contributed by atoms with Gasteiger partial charge in [0, 0.05) is 19.6 Å². The highest BCUT2D eigenvalue weighted by atomic mass is 32.2. The molecular weight excluding hydrogens is 272 g/mol. The number of fused-ring (bicyclic) bond motifs is 1. The van der Waals surface area contributed by atoms with Crippen LogP contribution in [-0.4, -0.2) is 25.8 Å². The summed E-state index contributed by atoms with van der Waals surface area (Å²) in [5, 5.41) is 0. The maximum atomic E-state index is 12.7. The zero-order valence-corrected chi connectivity index (χ0v) is 12.7. The molecule has 1 saturated heterocycles. The molecule has 1 heterocycles. The van der Waals surface area contributed by atoms with Crippen molar-refractivity contribution in [2.45, 2.75) is 37.6 Å². The molecule has 1 aliphatic carbocycles. The van der Waals surface area contributed by atoms with Gasteiger partial charge in [-0.25, -0.2) is 8.42 Å². The van der Waals surface area contributed by atoms with Gasteiger partial charge in [0.1, 0.15) is 0 Å². The van der Waals surface area contributed by atoms with Crippen LogP contribution in [0.15, 0.2) is 23.1 Å². The van der Waals surface area contributed by atoms with Crippen LogP contribution in [0.2, 0.25) is 0 Å². The lowest BCUT2D eigenvalue weighted by molar-refractivity contribution is 0.445. The lowest BCUT2D eigenvalue weighted by Gasteiger charge is -2.18. The van der Waals surface area contributed by atoms with Crippen LogP contribution < -0.4 is 5.73 Å². The quantitative estimate of drug-likeness (QED) is 0.925. The van der Waals surface area contributed by atoms with Crippen LogP contribution in [-0.2, 0) is 16.6 Å². The molecule has 2 aliphatic rings. The van der Waals surface area contributed by atoms with Crippen molar-refractivity contribution in [3.05, 3.63) is 29.3 Å². The van der Waals surface area contributed by atoms with Crippen LogP contribution in [0, 0.1) is 18.8 Å². The van der Waals surface area contributed by atoms with E-state index in [9.17, 15) is 8.42 Å². The maximum Gasteiger partial charge on any atom is 0.243 e. The number of benzene rings is 1. The molecule has 2 atom stereocenters. The van der Waals surface area contributed by atoms with Crippen LogP contribution in [0.25, 0.3) is 0 Å². The van der Waals surface area contributed by atoms with E-state index < -0.39 is 10.0 Å². The maximum absolute atomic E-state index is 12.7. The Kier molecular flexibility index (Phi) is 3.60. The topological polar surface area (TPSA) is 63.4 Å². The summed E-state index contributed by atoms with van der Waals surface area (Å²) in [6.45, 7) is 3.72. The van der Waals surface area contributed by atoms with Crippen LogP contribution in [0.3, 0.4) is 0 Å². The van der Waals surface area contributed by atoms with E-state index in [-0.39, 0.29) is 0 Å². The molecule has 2 unspecified atom stereocenters. The van der Waals surface area contributed by atoms with Gasteiger partial charge in [0.15, 0.2) is 0 Å².